The van der Waals surface area contributed by atoms with E-state index in [2.05, 4.69) is 69.3 Å². The molecule has 202 valence electrons. The van der Waals surface area contributed by atoms with Crippen molar-refractivity contribution >= 4 is 10.8 Å². The Morgan fingerprint density at radius 1 is 0.718 bits per heavy atom. The average Bonchev–Trinajstić information content (AvgIpc) is 3.58. The second-order valence-corrected chi connectivity index (χ2v) is 11.3. The van der Waals surface area contributed by atoms with Gasteiger partial charge in [0.05, 0.1) is 11.4 Å². The molecule has 5 heterocycles. The van der Waals surface area contributed by atoms with Gasteiger partial charge in [0.1, 0.15) is 0 Å². The van der Waals surface area contributed by atoms with Crippen molar-refractivity contribution in [2.45, 2.75) is 77.6 Å². The molecule has 8 heteroatoms. The normalized spacial score (nSPS) is 14.5. The molecule has 0 aromatic carbocycles. The third-order valence-electron chi connectivity index (χ3n) is 7.64. The van der Waals surface area contributed by atoms with Gasteiger partial charge in [0.15, 0.2) is 0 Å². The van der Waals surface area contributed by atoms with E-state index in [4.69, 9.17) is 4.98 Å². The van der Waals surface area contributed by atoms with Crippen molar-refractivity contribution in [2.75, 3.05) is 0 Å². The van der Waals surface area contributed by atoms with Crippen molar-refractivity contribution in [3.05, 3.63) is 77.1 Å². The summed E-state index contributed by atoms with van der Waals surface area (Å²) in [5.74, 6) is 0. The van der Waals surface area contributed by atoms with Crippen LogP contribution in [0.1, 0.15) is 74.5 Å². The van der Waals surface area contributed by atoms with Crippen molar-refractivity contribution in [3.8, 4) is 22.8 Å². The predicted molar refractivity (Wildman–Crippen MR) is 149 cm³/mol. The predicted octanol–water partition coefficient (Wildman–Crippen LogP) is 5.80. The number of fused-ring (bicyclic) bond motifs is 3. The van der Waals surface area contributed by atoms with Gasteiger partial charge in [0.2, 0.25) is 0 Å². The number of pyridine rings is 3. The van der Waals surface area contributed by atoms with E-state index in [0.717, 1.165) is 70.6 Å². The van der Waals surface area contributed by atoms with Crippen molar-refractivity contribution in [1.29, 1.82) is 0 Å². The van der Waals surface area contributed by atoms with E-state index in [1.807, 2.05) is 30.9 Å². The van der Waals surface area contributed by atoms with Gasteiger partial charge in [-0.2, -0.15) is 0 Å². The first-order chi connectivity index (χ1) is 18.5. The van der Waals surface area contributed by atoms with E-state index >= 15 is 0 Å². The summed E-state index contributed by atoms with van der Waals surface area (Å²) in [6.45, 7) is 6.59. The van der Waals surface area contributed by atoms with Crippen LogP contribution in [0.5, 0.6) is 0 Å². The third kappa shape index (κ3) is 5.60. The first-order valence-electron chi connectivity index (χ1n) is 13.7. The summed E-state index contributed by atoms with van der Waals surface area (Å²) in [7, 11) is 0. The van der Waals surface area contributed by atoms with Crippen LogP contribution in [0, 0.1) is 0 Å². The first kappa shape index (κ1) is 27.4. The molecule has 0 N–H and O–H groups in total. The van der Waals surface area contributed by atoms with Crippen LogP contribution in [0.2, 0.25) is 0 Å². The minimum Gasteiger partial charge on any atom is -0.573 e. The van der Waals surface area contributed by atoms with Gasteiger partial charge in [0.25, 0.3) is 0 Å². The van der Waals surface area contributed by atoms with Crippen LogP contribution in [0.25, 0.3) is 33.5 Å². The Morgan fingerprint density at radius 2 is 1.31 bits per heavy atom. The Balaban J connectivity index is 0.000000240. The second kappa shape index (κ2) is 11.5. The van der Waals surface area contributed by atoms with Crippen LogP contribution >= 0.6 is 0 Å². The van der Waals surface area contributed by atoms with Gasteiger partial charge in [-0.1, -0.05) is 32.2 Å². The summed E-state index contributed by atoms with van der Waals surface area (Å²) in [5.41, 5.74) is 10.0. The fourth-order valence-corrected chi connectivity index (χ4v) is 5.49. The second-order valence-electron chi connectivity index (χ2n) is 11.3. The molecule has 2 aliphatic carbocycles. The maximum Gasteiger partial charge on any atom is 2.00 e. The van der Waals surface area contributed by atoms with Crippen LogP contribution in [0.15, 0.2) is 49.1 Å². The fourth-order valence-electron chi connectivity index (χ4n) is 5.49. The third-order valence-corrected chi connectivity index (χ3v) is 7.64. The number of aromatic nitrogens is 7. The molecule has 0 atom stereocenters. The van der Waals surface area contributed by atoms with Crippen LogP contribution in [0.4, 0.5) is 0 Å². The maximum absolute atomic E-state index is 5.06. The van der Waals surface area contributed by atoms with Gasteiger partial charge in [-0.05, 0) is 103 Å². The summed E-state index contributed by atoms with van der Waals surface area (Å²) in [6, 6.07) is 8.26. The van der Waals surface area contributed by atoms with E-state index in [9.17, 15) is 0 Å². The van der Waals surface area contributed by atoms with Gasteiger partial charge in [-0.15, -0.1) is 0 Å². The summed E-state index contributed by atoms with van der Waals surface area (Å²) in [6.07, 6.45) is 16.2. The minimum atomic E-state index is 0. The molecule has 0 radical (unpaired) electrons. The zero-order valence-electron chi connectivity index (χ0n) is 22.7. The molecule has 39 heavy (non-hydrogen) atoms. The van der Waals surface area contributed by atoms with E-state index in [1.165, 1.54) is 42.4 Å². The van der Waals surface area contributed by atoms with Gasteiger partial charge < -0.3 is 20.4 Å². The van der Waals surface area contributed by atoms with E-state index in [-0.39, 0.29) is 26.5 Å². The Bertz CT molecular complexity index is 1560. The standard InChI is InChI=1S/C22H20N6.C9H13N.Pt/c1-3-7-17-14(5-1)20(27-25-17)19-11-13-9-10-23-12-16(13)21(24-19)22-15-6-2-4-8-18(15)26-28-22;1-9(2,3)8-4-6-10-7-5-8;/h9-12H,1-8H2;4-7H,1-3H3;/q-2;;+2. The maximum atomic E-state index is 5.06. The number of hydrogen-bond acceptors (Lipinski definition) is 5. The smallest absolute Gasteiger partial charge is 0.573 e. The number of rotatable bonds is 2. The van der Waals surface area contributed by atoms with Crippen LogP contribution in [-0.2, 0) is 52.2 Å². The molecular formula is C31H33N7Pt. The molecule has 0 aliphatic heterocycles. The molecule has 5 aromatic rings. The molecule has 0 unspecified atom stereocenters. The van der Waals surface area contributed by atoms with Gasteiger partial charge in [0, 0.05) is 41.6 Å². The van der Waals surface area contributed by atoms with E-state index in [0.29, 0.717) is 0 Å². The number of hydrogen-bond donors (Lipinski definition) is 0. The zero-order valence-corrected chi connectivity index (χ0v) is 25.0. The average molecular weight is 699 g/mol. The Labute approximate surface area is 243 Å². The van der Waals surface area contributed by atoms with E-state index in [1.54, 1.807) is 0 Å². The van der Waals surface area contributed by atoms with Crippen molar-refractivity contribution in [2.24, 2.45) is 0 Å². The van der Waals surface area contributed by atoms with Crippen molar-refractivity contribution < 1.29 is 21.1 Å². The molecule has 5 aromatic heterocycles. The van der Waals surface area contributed by atoms with Crippen molar-refractivity contribution in [1.82, 2.24) is 35.3 Å². The Kier molecular flexibility index (Phi) is 8.08. The van der Waals surface area contributed by atoms with Crippen LogP contribution in [-0.4, -0.2) is 25.1 Å². The minimum absolute atomic E-state index is 0. The van der Waals surface area contributed by atoms with Crippen LogP contribution < -0.4 is 10.2 Å². The summed E-state index contributed by atoms with van der Waals surface area (Å²) < 4.78 is 0. The molecule has 0 saturated heterocycles. The first-order valence-corrected chi connectivity index (χ1v) is 13.7. The quantitative estimate of drug-likeness (QED) is 0.230. The monoisotopic (exact) mass is 698 g/mol. The molecule has 0 saturated carbocycles. The van der Waals surface area contributed by atoms with Gasteiger partial charge in [-0.25, -0.2) is 0 Å². The number of aryl methyl sites for hydroxylation is 2. The molecular weight excluding hydrogens is 665 g/mol. The van der Waals surface area contributed by atoms with Gasteiger partial charge >= 0.3 is 21.1 Å². The fraction of sp³-hybridized carbons (Fsp3) is 0.387. The molecule has 0 amide bonds. The molecule has 7 nitrogen and oxygen atoms in total. The topological polar surface area (TPSA) is 92.7 Å². The molecule has 2 aliphatic rings. The largest absolute Gasteiger partial charge is 2.00 e. The Morgan fingerprint density at radius 3 is 1.95 bits per heavy atom. The summed E-state index contributed by atoms with van der Waals surface area (Å²) in [4.78, 5) is 13.4. The zero-order chi connectivity index (χ0) is 26.1. The summed E-state index contributed by atoms with van der Waals surface area (Å²) >= 11 is 0. The molecule has 0 fully saturated rings. The van der Waals surface area contributed by atoms with Crippen molar-refractivity contribution in [3.63, 3.8) is 0 Å². The van der Waals surface area contributed by atoms with Crippen LogP contribution in [0.3, 0.4) is 0 Å². The Hall–Kier alpha value is -3.18. The number of nitrogens with zero attached hydrogens (tertiary/aromatic N) is 7. The SMILES string of the molecule is CC(C)(C)c1ccncc1.[Pt+2].c1cc2cc(-c3[n-]nc4c3CCCC4)nc(-c3[n-]nc4c3CCCC4)c2cn1. The molecule has 7 rings (SSSR count). The van der Waals surface area contributed by atoms with Gasteiger partial charge in [-0.3, -0.25) is 15.0 Å². The van der Waals surface area contributed by atoms with E-state index < -0.39 is 0 Å². The molecule has 0 bridgehead atoms. The summed E-state index contributed by atoms with van der Waals surface area (Å²) in [5, 5.41) is 20.1. The molecule has 0 spiro atoms.